The van der Waals surface area contributed by atoms with Crippen LogP contribution in [0.1, 0.15) is 16.8 Å². The van der Waals surface area contributed by atoms with Gasteiger partial charge in [0, 0.05) is 29.3 Å². The van der Waals surface area contributed by atoms with E-state index in [1.54, 1.807) is 11.4 Å². The minimum absolute atomic E-state index is 0.171. The van der Waals surface area contributed by atoms with Gasteiger partial charge >= 0.3 is 0 Å². The van der Waals surface area contributed by atoms with Crippen molar-refractivity contribution >= 4 is 62.6 Å². The molecule has 0 spiro atoms. The molecule has 2 N–H and O–H groups in total. The highest BCUT2D eigenvalue weighted by Gasteiger charge is 2.10. The highest BCUT2D eigenvalue weighted by molar-refractivity contribution is 7.20. The summed E-state index contributed by atoms with van der Waals surface area (Å²) >= 11 is 10.2. The quantitative estimate of drug-likeness (QED) is 0.649. The van der Waals surface area contributed by atoms with Crippen LogP contribution in [0.2, 0.25) is 4.34 Å². The first-order valence-corrected chi connectivity index (χ1v) is 9.95. The number of rotatable bonds is 6. The third-order valence-corrected chi connectivity index (χ3v) is 5.69. The molecule has 3 rings (SSSR count). The van der Waals surface area contributed by atoms with Gasteiger partial charge in [-0.3, -0.25) is 9.59 Å². The number of halogens is 1. The summed E-state index contributed by atoms with van der Waals surface area (Å²) in [5.41, 5.74) is 1.40. The van der Waals surface area contributed by atoms with Gasteiger partial charge in [0.15, 0.2) is 5.13 Å². The molecule has 0 aliphatic rings. The Balaban J connectivity index is 1.47. The van der Waals surface area contributed by atoms with E-state index < -0.39 is 0 Å². The summed E-state index contributed by atoms with van der Waals surface area (Å²) in [4.78, 5) is 29.0. The molecule has 24 heavy (non-hydrogen) atoms. The molecule has 0 bridgehead atoms. The molecule has 0 fully saturated rings. The average molecular weight is 398 g/mol. The predicted molar refractivity (Wildman–Crippen MR) is 100 cm³/mol. The van der Waals surface area contributed by atoms with Crippen molar-refractivity contribution in [1.29, 1.82) is 0 Å². The van der Waals surface area contributed by atoms with Gasteiger partial charge in [0.05, 0.1) is 14.9 Å². The summed E-state index contributed by atoms with van der Waals surface area (Å²) in [6.07, 6.45) is 0.190. The topological polar surface area (TPSA) is 71.1 Å². The summed E-state index contributed by atoms with van der Waals surface area (Å²) < 4.78 is 0.699. The Morgan fingerprint density at radius 1 is 1.21 bits per heavy atom. The lowest BCUT2D eigenvalue weighted by atomic mass is 10.3. The van der Waals surface area contributed by atoms with E-state index in [1.807, 2.05) is 22.9 Å². The van der Waals surface area contributed by atoms with Crippen molar-refractivity contribution in [3.8, 4) is 10.6 Å². The minimum atomic E-state index is -0.189. The molecule has 3 aromatic rings. The van der Waals surface area contributed by atoms with E-state index in [4.69, 9.17) is 11.6 Å². The highest BCUT2D eigenvalue weighted by Crippen LogP contribution is 2.32. The number of aromatic nitrogens is 1. The fourth-order valence-corrected chi connectivity index (χ4v) is 4.30. The average Bonchev–Trinajstić information content (AvgIpc) is 3.27. The molecule has 2 amide bonds. The van der Waals surface area contributed by atoms with Gasteiger partial charge in [-0.15, -0.1) is 22.7 Å². The molecule has 3 aromatic heterocycles. The largest absolute Gasteiger partial charge is 0.351 e. The Bertz CT molecular complexity index is 842. The van der Waals surface area contributed by atoms with Crippen LogP contribution in [-0.2, 0) is 4.79 Å². The monoisotopic (exact) mass is 397 g/mol. The summed E-state index contributed by atoms with van der Waals surface area (Å²) in [6.45, 7) is 0.277. The lowest BCUT2D eigenvalue weighted by Gasteiger charge is -2.03. The fourth-order valence-electron chi connectivity index (χ4n) is 1.86. The van der Waals surface area contributed by atoms with Crippen LogP contribution in [0.25, 0.3) is 10.6 Å². The summed E-state index contributed by atoms with van der Waals surface area (Å²) in [5.74, 6) is -0.360. The Labute approximate surface area is 155 Å². The van der Waals surface area contributed by atoms with Crippen LogP contribution in [0, 0.1) is 0 Å². The number of carbonyl (C=O) groups is 2. The third-order valence-electron chi connectivity index (χ3n) is 3.00. The first-order chi connectivity index (χ1) is 11.6. The van der Waals surface area contributed by atoms with Gasteiger partial charge in [0.25, 0.3) is 5.91 Å². The lowest BCUT2D eigenvalue weighted by Crippen LogP contribution is -2.27. The lowest BCUT2D eigenvalue weighted by molar-refractivity contribution is -0.116. The molecule has 0 aliphatic heterocycles. The van der Waals surface area contributed by atoms with Crippen LogP contribution in [0.15, 0.2) is 34.3 Å². The number of carbonyl (C=O) groups excluding carboxylic acids is 2. The number of nitrogens with zero attached hydrogens (tertiary/aromatic N) is 1. The molecule has 3 heterocycles. The van der Waals surface area contributed by atoms with Crippen molar-refractivity contribution in [3.05, 3.63) is 44.2 Å². The number of amides is 2. The van der Waals surface area contributed by atoms with Crippen LogP contribution in [0.4, 0.5) is 5.13 Å². The van der Waals surface area contributed by atoms with Crippen LogP contribution in [0.3, 0.4) is 0 Å². The van der Waals surface area contributed by atoms with Gasteiger partial charge in [0.2, 0.25) is 5.91 Å². The number of hydrogen-bond acceptors (Lipinski definition) is 6. The second-order valence-corrected chi connectivity index (χ2v) is 8.06. The Morgan fingerprint density at radius 2 is 2.08 bits per heavy atom. The number of nitrogens with one attached hydrogen (secondary N) is 2. The van der Waals surface area contributed by atoms with Crippen LogP contribution < -0.4 is 10.6 Å². The molecule has 0 radical (unpaired) electrons. The van der Waals surface area contributed by atoms with Gasteiger partial charge in [-0.05, 0) is 23.6 Å². The fraction of sp³-hybridized carbons (Fsp3) is 0.133. The first-order valence-electron chi connectivity index (χ1n) is 6.93. The second kappa shape index (κ2) is 7.89. The number of thiazole rings is 1. The van der Waals surface area contributed by atoms with Gasteiger partial charge in [0.1, 0.15) is 0 Å². The second-order valence-electron chi connectivity index (χ2n) is 4.71. The maximum atomic E-state index is 11.9. The Morgan fingerprint density at radius 3 is 2.79 bits per heavy atom. The molecular formula is C15H12ClN3O2S3. The van der Waals surface area contributed by atoms with Gasteiger partial charge in [-0.25, -0.2) is 4.98 Å². The van der Waals surface area contributed by atoms with Crippen LogP contribution in [0.5, 0.6) is 0 Å². The normalized spacial score (nSPS) is 10.5. The maximum absolute atomic E-state index is 11.9. The molecular weight excluding hydrogens is 386 g/mol. The molecule has 0 saturated carbocycles. The van der Waals surface area contributed by atoms with E-state index in [-0.39, 0.29) is 24.8 Å². The SMILES string of the molecule is O=C(CCNC(=O)c1ccsc1)Nc1nc(-c2ccc(Cl)s2)cs1. The summed E-state index contributed by atoms with van der Waals surface area (Å²) in [7, 11) is 0. The van der Waals surface area contributed by atoms with Crippen molar-refractivity contribution in [2.75, 3.05) is 11.9 Å². The highest BCUT2D eigenvalue weighted by atomic mass is 35.5. The van der Waals surface area contributed by atoms with E-state index in [9.17, 15) is 9.59 Å². The standard InChI is InChI=1S/C15H12ClN3O2S3/c16-12-2-1-11(24-12)10-8-23-15(18-10)19-13(20)3-5-17-14(21)9-4-6-22-7-9/h1-2,4,6-8H,3,5H2,(H,17,21)(H,18,19,20). The van der Waals surface area contributed by atoms with E-state index >= 15 is 0 Å². The molecule has 0 saturated heterocycles. The van der Waals surface area contributed by atoms with E-state index in [0.29, 0.717) is 15.0 Å². The van der Waals surface area contributed by atoms with E-state index in [2.05, 4.69) is 15.6 Å². The number of anilines is 1. The van der Waals surface area contributed by atoms with Crippen molar-refractivity contribution < 1.29 is 9.59 Å². The van der Waals surface area contributed by atoms with Crippen molar-refractivity contribution in [1.82, 2.24) is 10.3 Å². The maximum Gasteiger partial charge on any atom is 0.252 e. The van der Waals surface area contributed by atoms with E-state index in [1.165, 1.54) is 34.0 Å². The predicted octanol–water partition coefficient (Wildman–Crippen LogP) is 4.35. The van der Waals surface area contributed by atoms with Gasteiger partial charge in [-0.1, -0.05) is 11.6 Å². The first kappa shape index (κ1) is 17.1. The Hall–Kier alpha value is -1.74. The molecule has 9 heteroatoms. The molecule has 124 valence electrons. The molecule has 0 atom stereocenters. The van der Waals surface area contributed by atoms with Crippen molar-refractivity contribution in [2.24, 2.45) is 0 Å². The zero-order chi connectivity index (χ0) is 16.9. The summed E-state index contributed by atoms with van der Waals surface area (Å²) in [5, 5.41) is 11.5. The number of thiophene rings is 2. The van der Waals surface area contributed by atoms with Gasteiger partial charge < -0.3 is 10.6 Å². The molecule has 5 nitrogen and oxygen atoms in total. The van der Waals surface area contributed by atoms with Crippen LogP contribution >= 0.6 is 45.6 Å². The van der Waals surface area contributed by atoms with Gasteiger partial charge in [-0.2, -0.15) is 11.3 Å². The molecule has 0 aromatic carbocycles. The Kier molecular flexibility index (Phi) is 5.62. The van der Waals surface area contributed by atoms with E-state index in [0.717, 1.165) is 10.6 Å². The minimum Gasteiger partial charge on any atom is -0.351 e. The summed E-state index contributed by atoms with van der Waals surface area (Å²) in [6, 6.07) is 5.46. The van der Waals surface area contributed by atoms with Crippen LogP contribution in [-0.4, -0.2) is 23.3 Å². The zero-order valence-electron chi connectivity index (χ0n) is 12.2. The molecule has 0 aliphatic carbocycles. The van der Waals surface area contributed by atoms with Crippen molar-refractivity contribution in [2.45, 2.75) is 6.42 Å². The zero-order valence-corrected chi connectivity index (χ0v) is 15.5. The van der Waals surface area contributed by atoms with Crippen molar-refractivity contribution in [3.63, 3.8) is 0 Å². The smallest absolute Gasteiger partial charge is 0.252 e. The molecule has 0 unspecified atom stereocenters. The number of hydrogen-bond donors (Lipinski definition) is 2. The third kappa shape index (κ3) is 4.41.